The van der Waals surface area contributed by atoms with Gasteiger partial charge >= 0.3 is 0 Å². The largest absolute Gasteiger partial charge is 0.468 e. The number of furan rings is 1. The third kappa shape index (κ3) is 4.12. The first kappa shape index (κ1) is 14.7. The topological polar surface area (TPSA) is 16.4 Å². The molecule has 1 aromatic heterocycles. The summed E-state index contributed by atoms with van der Waals surface area (Å²) in [6.07, 6.45) is 5.42. The lowest BCUT2D eigenvalue weighted by Gasteiger charge is -2.32. The summed E-state index contributed by atoms with van der Waals surface area (Å²) < 4.78 is 5.38. The van der Waals surface area contributed by atoms with Crippen molar-refractivity contribution >= 4 is 11.6 Å². The maximum atomic E-state index is 6.41. The highest BCUT2D eigenvalue weighted by Crippen LogP contribution is 2.26. The first-order valence-electron chi connectivity index (χ1n) is 7.75. The molecular weight excluding hydrogens is 282 g/mol. The number of halogens is 1. The summed E-state index contributed by atoms with van der Waals surface area (Å²) in [6, 6.07) is 14.7. The molecule has 0 radical (unpaired) electrons. The number of nitrogens with zero attached hydrogens (tertiary/aromatic N) is 1. The van der Waals surface area contributed by atoms with Gasteiger partial charge in [-0.1, -0.05) is 30.3 Å². The van der Waals surface area contributed by atoms with Crippen LogP contribution in [0, 0.1) is 5.92 Å². The van der Waals surface area contributed by atoms with E-state index in [-0.39, 0.29) is 5.38 Å². The van der Waals surface area contributed by atoms with Gasteiger partial charge in [0.05, 0.1) is 6.26 Å². The number of piperidine rings is 1. The molecule has 2 heterocycles. The van der Waals surface area contributed by atoms with Gasteiger partial charge in [0.25, 0.3) is 0 Å². The van der Waals surface area contributed by atoms with E-state index in [4.69, 9.17) is 16.0 Å². The van der Waals surface area contributed by atoms with Gasteiger partial charge < -0.3 is 9.32 Å². The van der Waals surface area contributed by atoms with Gasteiger partial charge in [-0.05, 0) is 56.0 Å². The molecular formula is C18H22ClNO. The molecule has 3 rings (SSSR count). The number of benzene rings is 1. The zero-order chi connectivity index (χ0) is 14.5. The Morgan fingerprint density at radius 2 is 1.86 bits per heavy atom. The molecule has 112 valence electrons. The smallest absolute Gasteiger partial charge is 0.122 e. The second-order valence-corrected chi connectivity index (χ2v) is 6.44. The SMILES string of the molecule is ClC(CN1CCC(Cc2ccccc2)CC1)c1ccco1. The molecule has 0 N–H and O–H groups in total. The fourth-order valence-electron chi connectivity index (χ4n) is 3.11. The number of alkyl halides is 1. The summed E-state index contributed by atoms with van der Waals surface area (Å²) in [5.41, 5.74) is 1.46. The van der Waals surface area contributed by atoms with Crippen LogP contribution in [-0.4, -0.2) is 24.5 Å². The van der Waals surface area contributed by atoms with Crippen LogP contribution in [0.15, 0.2) is 53.1 Å². The van der Waals surface area contributed by atoms with E-state index in [1.165, 1.54) is 24.8 Å². The molecule has 0 aliphatic carbocycles. The highest BCUT2D eigenvalue weighted by molar-refractivity contribution is 6.20. The fourth-order valence-corrected chi connectivity index (χ4v) is 3.43. The summed E-state index contributed by atoms with van der Waals surface area (Å²) in [4.78, 5) is 2.46. The van der Waals surface area contributed by atoms with E-state index in [0.29, 0.717) is 0 Å². The highest BCUT2D eigenvalue weighted by atomic mass is 35.5. The summed E-state index contributed by atoms with van der Waals surface area (Å²) in [5, 5.41) is -0.0364. The Morgan fingerprint density at radius 1 is 1.10 bits per heavy atom. The van der Waals surface area contributed by atoms with Crippen LogP contribution in [0.1, 0.15) is 29.5 Å². The van der Waals surface area contributed by atoms with Gasteiger partial charge in [-0.15, -0.1) is 11.6 Å². The van der Waals surface area contributed by atoms with Gasteiger partial charge in [0.15, 0.2) is 0 Å². The monoisotopic (exact) mass is 303 g/mol. The average Bonchev–Trinajstić information content (AvgIpc) is 3.05. The van der Waals surface area contributed by atoms with Crippen molar-refractivity contribution in [3.8, 4) is 0 Å². The molecule has 0 saturated carbocycles. The van der Waals surface area contributed by atoms with Crippen molar-refractivity contribution in [2.24, 2.45) is 5.92 Å². The minimum atomic E-state index is -0.0364. The molecule has 0 amide bonds. The Hall–Kier alpha value is -1.25. The zero-order valence-corrected chi connectivity index (χ0v) is 13.0. The Bertz CT molecular complexity index is 517. The van der Waals surface area contributed by atoms with Crippen LogP contribution < -0.4 is 0 Å². The van der Waals surface area contributed by atoms with Crippen molar-refractivity contribution in [2.75, 3.05) is 19.6 Å². The van der Waals surface area contributed by atoms with Gasteiger partial charge in [0.2, 0.25) is 0 Å². The van der Waals surface area contributed by atoms with E-state index >= 15 is 0 Å². The van der Waals surface area contributed by atoms with E-state index < -0.39 is 0 Å². The predicted molar refractivity (Wildman–Crippen MR) is 86.6 cm³/mol. The Labute approximate surface area is 131 Å². The standard InChI is InChI=1S/C18H22ClNO/c19-17(18-7-4-12-21-18)14-20-10-8-16(9-11-20)13-15-5-2-1-3-6-15/h1-7,12,16-17H,8-11,13-14H2. The molecule has 1 aromatic carbocycles. The van der Waals surface area contributed by atoms with Gasteiger partial charge in [-0.3, -0.25) is 0 Å². The third-order valence-corrected chi connectivity index (χ3v) is 4.70. The first-order chi connectivity index (χ1) is 10.3. The number of likely N-dealkylation sites (tertiary alicyclic amines) is 1. The number of hydrogen-bond acceptors (Lipinski definition) is 2. The maximum absolute atomic E-state index is 6.41. The summed E-state index contributed by atoms with van der Waals surface area (Å²) in [5.74, 6) is 1.68. The van der Waals surface area contributed by atoms with Crippen LogP contribution in [0.5, 0.6) is 0 Å². The van der Waals surface area contributed by atoms with Crippen molar-refractivity contribution in [3.63, 3.8) is 0 Å². The van der Waals surface area contributed by atoms with Crippen LogP contribution in [0.2, 0.25) is 0 Å². The lowest BCUT2D eigenvalue weighted by Crippen LogP contribution is -2.36. The number of rotatable bonds is 5. The third-order valence-electron chi connectivity index (χ3n) is 4.34. The van der Waals surface area contributed by atoms with E-state index in [1.807, 2.05) is 12.1 Å². The Balaban J connectivity index is 1.45. The summed E-state index contributed by atoms with van der Waals surface area (Å²) in [7, 11) is 0. The second kappa shape index (κ2) is 7.15. The molecule has 2 nitrogen and oxygen atoms in total. The highest BCUT2D eigenvalue weighted by Gasteiger charge is 2.22. The molecule has 1 saturated heterocycles. The molecule has 3 heteroatoms. The Morgan fingerprint density at radius 3 is 2.52 bits per heavy atom. The molecule has 1 atom stereocenters. The van der Waals surface area contributed by atoms with E-state index in [0.717, 1.165) is 31.3 Å². The van der Waals surface area contributed by atoms with Gasteiger partial charge in [0, 0.05) is 6.54 Å². The minimum absolute atomic E-state index is 0.0364. The van der Waals surface area contributed by atoms with Gasteiger partial charge in [-0.25, -0.2) is 0 Å². The molecule has 2 aromatic rings. The van der Waals surface area contributed by atoms with Crippen molar-refractivity contribution < 1.29 is 4.42 Å². The van der Waals surface area contributed by atoms with Crippen molar-refractivity contribution in [1.82, 2.24) is 4.90 Å². The van der Waals surface area contributed by atoms with Crippen molar-refractivity contribution in [2.45, 2.75) is 24.6 Å². The summed E-state index contributed by atoms with van der Waals surface area (Å²) in [6.45, 7) is 3.16. The average molecular weight is 304 g/mol. The number of hydrogen-bond donors (Lipinski definition) is 0. The molecule has 0 bridgehead atoms. The van der Waals surface area contributed by atoms with Crippen molar-refractivity contribution in [1.29, 1.82) is 0 Å². The van der Waals surface area contributed by atoms with Crippen molar-refractivity contribution in [3.05, 3.63) is 60.1 Å². The van der Waals surface area contributed by atoms with Crippen LogP contribution >= 0.6 is 11.6 Å². The first-order valence-corrected chi connectivity index (χ1v) is 8.18. The second-order valence-electron chi connectivity index (χ2n) is 5.92. The molecule has 21 heavy (non-hydrogen) atoms. The zero-order valence-electron chi connectivity index (χ0n) is 12.2. The van der Waals surface area contributed by atoms with Crippen LogP contribution in [0.4, 0.5) is 0 Å². The quantitative estimate of drug-likeness (QED) is 0.755. The van der Waals surface area contributed by atoms with Crippen LogP contribution in [0.3, 0.4) is 0 Å². The van der Waals surface area contributed by atoms with Crippen LogP contribution in [-0.2, 0) is 6.42 Å². The van der Waals surface area contributed by atoms with E-state index in [9.17, 15) is 0 Å². The lowest BCUT2D eigenvalue weighted by atomic mass is 9.90. The van der Waals surface area contributed by atoms with Crippen LogP contribution in [0.25, 0.3) is 0 Å². The lowest BCUT2D eigenvalue weighted by molar-refractivity contribution is 0.181. The fraction of sp³-hybridized carbons (Fsp3) is 0.444. The normalized spacial score (nSPS) is 18.7. The Kier molecular flexibility index (Phi) is 5.00. The van der Waals surface area contributed by atoms with E-state index in [1.54, 1.807) is 6.26 Å². The molecule has 1 aliphatic rings. The maximum Gasteiger partial charge on any atom is 0.122 e. The van der Waals surface area contributed by atoms with E-state index in [2.05, 4.69) is 35.2 Å². The van der Waals surface area contributed by atoms with Gasteiger partial charge in [0.1, 0.15) is 11.1 Å². The molecule has 1 unspecified atom stereocenters. The molecule has 0 spiro atoms. The predicted octanol–water partition coefficient (Wildman–Crippen LogP) is 4.51. The van der Waals surface area contributed by atoms with Gasteiger partial charge in [-0.2, -0.15) is 0 Å². The summed E-state index contributed by atoms with van der Waals surface area (Å²) >= 11 is 6.41. The minimum Gasteiger partial charge on any atom is -0.468 e. The molecule has 1 aliphatic heterocycles. The molecule has 1 fully saturated rings.